The topological polar surface area (TPSA) is 12.0 Å². The van der Waals surface area contributed by atoms with E-state index >= 15 is 0 Å². The summed E-state index contributed by atoms with van der Waals surface area (Å²) in [7, 11) is 0. The maximum absolute atomic E-state index is 3.59. The van der Waals surface area contributed by atoms with Gasteiger partial charge in [0.25, 0.3) is 0 Å². The number of hydrogen-bond acceptors (Lipinski definition) is 2. The Morgan fingerprint density at radius 3 is 2.74 bits per heavy atom. The quantitative estimate of drug-likeness (QED) is 0.641. The van der Waals surface area contributed by atoms with Crippen LogP contribution in [0.4, 0.5) is 0 Å². The summed E-state index contributed by atoms with van der Waals surface area (Å²) in [6.45, 7) is 6.77. The number of aryl methyl sites for hydroxylation is 1. The van der Waals surface area contributed by atoms with E-state index in [2.05, 4.69) is 49.7 Å². The third-order valence-corrected chi connectivity index (χ3v) is 4.29. The molecule has 1 atom stereocenters. The van der Waals surface area contributed by atoms with Crippen molar-refractivity contribution in [1.29, 1.82) is 0 Å². The average molecular weight is 279 g/mol. The van der Waals surface area contributed by atoms with Crippen molar-refractivity contribution in [2.75, 3.05) is 25.1 Å². The van der Waals surface area contributed by atoms with E-state index < -0.39 is 0 Å². The summed E-state index contributed by atoms with van der Waals surface area (Å²) in [6, 6.07) is 8.82. The molecule has 0 spiro atoms. The molecule has 0 aliphatic rings. The molecule has 1 N–H and O–H groups in total. The summed E-state index contributed by atoms with van der Waals surface area (Å²) in [5, 5.41) is 3.59. The van der Waals surface area contributed by atoms with E-state index in [1.54, 1.807) is 0 Å². The minimum Gasteiger partial charge on any atom is -0.316 e. The molecule has 19 heavy (non-hydrogen) atoms. The fourth-order valence-electron chi connectivity index (χ4n) is 2.43. The highest BCUT2D eigenvalue weighted by atomic mass is 32.2. The van der Waals surface area contributed by atoms with Crippen LogP contribution in [0.5, 0.6) is 0 Å². The lowest BCUT2D eigenvalue weighted by atomic mass is 9.92. The van der Waals surface area contributed by atoms with Crippen molar-refractivity contribution in [2.24, 2.45) is 5.92 Å². The van der Waals surface area contributed by atoms with Crippen molar-refractivity contribution in [3.8, 4) is 0 Å². The Balaban J connectivity index is 2.49. The van der Waals surface area contributed by atoms with Crippen LogP contribution >= 0.6 is 11.8 Å². The zero-order valence-electron chi connectivity index (χ0n) is 12.7. The maximum Gasteiger partial charge on any atom is -0.00173 e. The largest absolute Gasteiger partial charge is 0.316 e. The van der Waals surface area contributed by atoms with Crippen LogP contribution < -0.4 is 5.32 Å². The van der Waals surface area contributed by atoms with E-state index in [4.69, 9.17) is 0 Å². The van der Waals surface area contributed by atoms with Gasteiger partial charge in [-0.1, -0.05) is 31.2 Å². The van der Waals surface area contributed by atoms with Crippen molar-refractivity contribution in [2.45, 2.75) is 39.5 Å². The van der Waals surface area contributed by atoms with Crippen molar-refractivity contribution >= 4 is 11.8 Å². The van der Waals surface area contributed by atoms with Gasteiger partial charge in [-0.05, 0) is 74.7 Å². The van der Waals surface area contributed by atoms with E-state index in [0.29, 0.717) is 0 Å². The number of benzene rings is 1. The normalized spacial score (nSPS) is 12.6. The van der Waals surface area contributed by atoms with Crippen molar-refractivity contribution in [3.63, 3.8) is 0 Å². The molecule has 1 aromatic rings. The second-order valence-electron chi connectivity index (χ2n) is 5.34. The second-order valence-corrected chi connectivity index (χ2v) is 6.32. The first-order chi connectivity index (χ1) is 9.27. The molecular formula is C17H29NS. The van der Waals surface area contributed by atoms with E-state index in [-0.39, 0.29) is 0 Å². The molecule has 1 unspecified atom stereocenters. The van der Waals surface area contributed by atoms with E-state index in [1.807, 2.05) is 11.8 Å². The van der Waals surface area contributed by atoms with Crippen LogP contribution in [-0.2, 0) is 6.42 Å². The minimum atomic E-state index is 0.778. The van der Waals surface area contributed by atoms with Gasteiger partial charge < -0.3 is 5.32 Å². The van der Waals surface area contributed by atoms with Crippen LogP contribution in [0.1, 0.15) is 37.3 Å². The fraction of sp³-hybridized carbons (Fsp3) is 0.647. The predicted octanol–water partition coefficient (Wildman–Crippen LogP) is 4.30. The Morgan fingerprint density at radius 1 is 1.26 bits per heavy atom. The molecule has 0 saturated carbocycles. The molecule has 0 aliphatic heterocycles. The molecule has 2 heteroatoms. The first kappa shape index (κ1) is 16.6. The molecule has 0 amide bonds. The highest BCUT2D eigenvalue weighted by molar-refractivity contribution is 7.98. The summed E-state index contributed by atoms with van der Waals surface area (Å²) in [4.78, 5) is 0. The number of rotatable bonds is 10. The van der Waals surface area contributed by atoms with Crippen LogP contribution in [0.15, 0.2) is 24.3 Å². The molecule has 0 aromatic heterocycles. The van der Waals surface area contributed by atoms with Gasteiger partial charge >= 0.3 is 0 Å². The van der Waals surface area contributed by atoms with Crippen LogP contribution in [-0.4, -0.2) is 25.1 Å². The number of nitrogens with one attached hydrogen (secondary N) is 1. The van der Waals surface area contributed by atoms with Crippen molar-refractivity contribution in [3.05, 3.63) is 35.4 Å². The van der Waals surface area contributed by atoms with Crippen LogP contribution in [0, 0.1) is 12.8 Å². The molecule has 108 valence electrons. The zero-order chi connectivity index (χ0) is 13.9. The Labute approximate surface area is 123 Å². The zero-order valence-corrected chi connectivity index (χ0v) is 13.6. The van der Waals surface area contributed by atoms with Crippen LogP contribution in [0.25, 0.3) is 0 Å². The van der Waals surface area contributed by atoms with Crippen molar-refractivity contribution < 1.29 is 0 Å². The van der Waals surface area contributed by atoms with E-state index in [1.165, 1.54) is 42.6 Å². The second kappa shape index (κ2) is 10.3. The van der Waals surface area contributed by atoms with Gasteiger partial charge in [-0.3, -0.25) is 0 Å². The lowest BCUT2D eigenvalue weighted by Gasteiger charge is -2.18. The van der Waals surface area contributed by atoms with Gasteiger partial charge in [0.2, 0.25) is 0 Å². The Bertz CT molecular complexity index is 328. The molecule has 1 aromatic carbocycles. The Morgan fingerprint density at radius 2 is 2.05 bits per heavy atom. The van der Waals surface area contributed by atoms with Crippen molar-refractivity contribution in [1.82, 2.24) is 5.32 Å². The molecule has 0 heterocycles. The molecule has 0 bridgehead atoms. The van der Waals surface area contributed by atoms with Gasteiger partial charge in [0.05, 0.1) is 0 Å². The monoisotopic (exact) mass is 279 g/mol. The average Bonchev–Trinajstić information content (AvgIpc) is 2.41. The summed E-state index contributed by atoms with van der Waals surface area (Å²) < 4.78 is 0. The van der Waals surface area contributed by atoms with Gasteiger partial charge in [-0.25, -0.2) is 0 Å². The van der Waals surface area contributed by atoms with Gasteiger partial charge in [-0.2, -0.15) is 11.8 Å². The first-order valence-electron chi connectivity index (χ1n) is 7.52. The summed E-state index contributed by atoms with van der Waals surface area (Å²) >= 11 is 1.96. The van der Waals surface area contributed by atoms with Gasteiger partial charge in [0.15, 0.2) is 0 Å². The fourth-order valence-corrected chi connectivity index (χ4v) is 2.88. The molecule has 1 rings (SSSR count). The molecule has 0 fully saturated rings. The summed E-state index contributed by atoms with van der Waals surface area (Å²) in [6.07, 6.45) is 7.32. The molecule has 0 radical (unpaired) electrons. The molecule has 0 aliphatic carbocycles. The Hall–Kier alpha value is -0.470. The van der Waals surface area contributed by atoms with Crippen LogP contribution in [0.3, 0.4) is 0 Å². The third kappa shape index (κ3) is 7.03. The highest BCUT2D eigenvalue weighted by Gasteiger charge is 2.10. The number of hydrogen-bond donors (Lipinski definition) is 1. The maximum atomic E-state index is 3.59. The lowest BCUT2D eigenvalue weighted by Crippen LogP contribution is -2.25. The summed E-state index contributed by atoms with van der Waals surface area (Å²) in [5.41, 5.74) is 2.96. The SMILES string of the molecule is CCCNCC(CCCSC)Cc1ccccc1C. The predicted molar refractivity (Wildman–Crippen MR) is 89.1 cm³/mol. The third-order valence-electron chi connectivity index (χ3n) is 3.59. The van der Waals surface area contributed by atoms with Gasteiger partial charge in [-0.15, -0.1) is 0 Å². The summed E-state index contributed by atoms with van der Waals surface area (Å²) in [5.74, 6) is 2.07. The lowest BCUT2D eigenvalue weighted by molar-refractivity contribution is 0.440. The minimum absolute atomic E-state index is 0.778. The smallest absolute Gasteiger partial charge is 0.00173 e. The van der Waals surface area contributed by atoms with E-state index in [0.717, 1.165) is 19.0 Å². The van der Waals surface area contributed by atoms with Crippen LogP contribution in [0.2, 0.25) is 0 Å². The van der Waals surface area contributed by atoms with Gasteiger partial charge in [0.1, 0.15) is 0 Å². The molecule has 0 saturated heterocycles. The standard InChI is InChI=1S/C17H29NS/c1-4-11-18-14-16(9-7-12-19-3)13-17-10-6-5-8-15(17)2/h5-6,8,10,16,18H,4,7,9,11-14H2,1-3H3. The molecular weight excluding hydrogens is 250 g/mol. The van der Waals surface area contributed by atoms with Gasteiger partial charge in [0, 0.05) is 0 Å². The first-order valence-corrected chi connectivity index (χ1v) is 8.91. The number of thioether (sulfide) groups is 1. The Kier molecular flexibility index (Phi) is 9.02. The van der Waals surface area contributed by atoms with E-state index in [9.17, 15) is 0 Å². The molecule has 1 nitrogen and oxygen atoms in total. The highest BCUT2D eigenvalue weighted by Crippen LogP contribution is 2.17.